The van der Waals surface area contributed by atoms with Gasteiger partial charge in [0.25, 0.3) is 0 Å². The van der Waals surface area contributed by atoms with Crippen molar-refractivity contribution < 1.29 is 13.9 Å². The number of benzene rings is 1. The molecular weight excluding hydrogens is 236 g/mol. The molecule has 1 aliphatic rings. The van der Waals surface area contributed by atoms with Crippen molar-refractivity contribution in [2.75, 3.05) is 19.6 Å². The Hall–Kier alpha value is -1.00. The van der Waals surface area contributed by atoms with Crippen molar-refractivity contribution in [2.24, 2.45) is 5.41 Å². The molecule has 2 nitrogen and oxygen atoms in total. The minimum atomic E-state index is -0.903. The summed E-state index contributed by atoms with van der Waals surface area (Å²) in [5, 5.41) is 10.0. The Morgan fingerprint density at radius 2 is 2.11 bits per heavy atom. The number of β-amino-alcohol motifs (C(OH)–C–C–N with tert-alkyl or cyclic N) is 1. The van der Waals surface area contributed by atoms with Crippen LogP contribution in [-0.4, -0.2) is 29.6 Å². The second-order valence-electron chi connectivity index (χ2n) is 5.83. The third-order valence-corrected chi connectivity index (χ3v) is 3.51. The van der Waals surface area contributed by atoms with Crippen LogP contribution in [0.1, 0.15) is 31.9 Å². The first-order chi connectivity index (χ1) is 8.37. The molecule has 0 aromatic heterocycles. The van der Waals surface area contributed by atoms with Crippen molar-refractivity contribution in [3.63, 3.8) is 0 Å². The van der Waals surface area contributed by atoms with Crippen LogP contribution in [0.3, 0.4) is 0 Å². The zero-order valence-corrected chi connectivity index (χ0v) is 10.8. The molecule has 0 amide bonds. The van der Waals surface area contributed by atoms with Crippen LogP contribution < -0.4 is 0 Å². The second-order valence-corrected chi connectivity index (χ2v) is 5.83. The molecule has 1 heterocycles. The quantitative estimate of drug-likeness (QED) is 0.897. The summed E-state index contributed by atoms with van der Waals surface area (Å²) in [6.07, 6.45) is 0.172. The Bertz CT molecular complexity index is 434. The van der Waals surface area contributed by atoms with Gasteiger partial charge in [-0.05, 0) is 24.4 Å². The summed E-state index contributed by atoms with van der Waals surface area (Å²) < 4.78 is 26.3. The van der Waals surface area contributed by atoms with E-state index < -0.39 is 17.7 Å². The van der Waals surface area contributed by atoms with Gasteiger partial charge in [0.1, 0.15) is 11.6 Å². The summed E-state index contributed by atoms with van der Waals surface area (Å²) in [5.74, 6) is -1.30. The average molecular weight is 255 g/mol. The lowest BCUT2D eigenvalue weighted by molar-refractivity contribution is 0.117. The SMILES string of the molecule is CC1(C)CCN(CC(O)c2ccc(F)cc2F)C1. The van der Waals surface area contributed by atoms with Gasteiger partial charge in [0.2, 0.25) is 0 Å². The van der Waals surface area contributed by atoms with Crippen LogP contribution in [0.15, 0.2) is 18.2 Å². The van der Waals surface area contributed by atoms with E-state index in [0.717, 1.165) is 25.6 Å². The van der Waals surface area contributed by atoms with E-state index in [4.69, 9.17) is 0 Å². The molecule has 0 saturated carbocycles. The predicted molar refractivity (Wildman–Crippen MR) is 66.2 cm³/mol. The molecular formula is C14H19F2NO. The van der Waals surface area contributed by atoms with Gasteiger partial charge < -0.3 is 5.11 Å². The number of halogens is 2. The predicted octanol–water partition coefficient (Wildman–Crippen LogP) is 2.73. The summed E-state index contributed by atoms with van der Waals surface area (Å²) in [6.45, 7) is 6.56. The third kappa shape index (κ3) is 3.06. The van der Waals surface area contributed by atoms with E-state index in [0.29, 0.717) is 6.54 Å². The topological polar surface area (TPSA) is 23.5 Å². The van der Waals surface area contributed by atoms with Crippen LogP contribution in [0.2, 0.25) is 0 Å². The van der Waals surface area contributed by atoms with Gasteiger partial charge in [-0.25, -0.2) is 8.78 Å². The maximum Gasteiger partial charge on any atom is 0.131 e. The monoisotopic (exact) mass is 255 g/mol. The van der Waals surface area contributed by atoms with Crippen molar-refractivity contribution in [2.45, 2.75) is 26.4 Å². The maximum absolute atomic E-state index is 13.5. The highest BCUT2D eigenvalue weighted by Gasteiger charge is 2.30. The van der Waals surface area contributed by atoms with Gasteiger partial charge in [-0.2, -0.15) is 0 Å². The molecule has 100 valence electrons. The molecule has 0 radical (unpaired) electrons. The van der Waals surface area contributed by atoms with E-state index in [1.54, 1.807) is 0 Å². The van der Waals surface area contributed by atoms with Crippen molar-refractivity contribution in [1.29, 1.82) is 0 Å². The summed E-state index contributed by atoms with van der Waals surface area (Å²) in [7, 11) is 0. The van der Waals surface area contributed by atoms with Crippen molar-refractivity contribution in [3.8, 4) is 0 Å². The molecule has 18 heavy (non-hydrogen) atoms. The van der Waals surface area contributed by atoms with E-state index in [1.807, 2.05) is 0 Å². The number of rotatable bonds is 3. The fourth-order valence-corrected chi connectivity index (χ4v) is 2.49. The molecule has 0 spiro atoms. The summed E-state index contributed by atoms with van der Waals surface area (Å²) in [6, 6.07) is 3.30. The van der Waals surface area contributed by atoms with Gasteiger partial charge in [0.15, 0.2) is 0 Å². The van der Waals surface area contributed by atoms with E-state index >= 15 is 0 Å². The molecule has 1 atom stereocenters. The number of hydrogen-bond donors (Lipinski definition) is 1. The van der Waals surface area contributed by atoms with Gasteiger partial charge in [0.05, 0.1) is 6.10 Å². The summed E-state index contributed by atoms with van der Waals surface area (Å²) >= 11 is 0. The van der Waals surface area contributed by atoms with Crippen molar-refractivity contribution >= 4 is 0 Å². The van der Waals surface area contributed by atoms with Crippen LogP contribution in [0.25, 0.3) is 0 Å². The molecule has 1 N–H and O–H groups in total. The van der Waals surface area contributed by atoms with E-state index in [9.17, 15) is 13.9 Å². The molecule has 1 fully saturated rings. The van der Waals surface area contributed by atoms with E-state index in [-0.39, 0.29) is 11.0 Å². The van der Waals surface area contributed by atoms with Crippen LogP contribution in [0.4, 0.5) is 8.78 Å². The zero-order valence-electron chi connectivity index (χ0n) is 10.8. The zero-order chi connectivity index (χ0) is 13.3. The van der Waals surface area contributed by atoms with Gasteiger partial charge in [-0.15, -0.1) is 0 Å². The van der Waals surface area contributed by atoms with Crippen molar-refractivity contribution in [1.82, 2.24) is 4.90 Å². The molecule has 1 unspecified atom stereocenters. The van der Waals surface area contributed by atoms with Gasteiger partial charge in [0, 0.05) is 24.7 Å². The molecule has 1 aliphatic heterocycles. The number of aliphatic hydroxyl groups is 1. The van der Waals surface area contributed by atoms with E-state index in [2.05, 4.69) is 18.7 Å². The lowest BCUT2D eigenvalue weighted by Crippen LogP contribution is -2.28. The molecule has 0 aliphatic carbocycles. The Morgan fingerprint density at radius 3 is 2.67 bits per heavy atom. The highest BCUT2D eigenvalue weighted by molar-refractivity contribution is 5.21. The normalized spacial score (nSPS) is 21.2. The molecule has 0 bridgehead atoms. The first-order valence-electron chi connectivity index (χ1n) is 6.23. The average Bonchev–Trinajstić information content (AvgIpc) is 2.57. The molecule has 4 heteroatoms. The fourth-order valence-electron chi connectivity index (χ4n) is 2.49. The Morgan fingerprint density at radius 1 is 1.39 bits per heavy atom. The molecule has 2 rings (SSSR count). The minimum Gasteiger partial charge on any atom is -0.387 e. The van der Waals surface area contributed by atoms with E-state index in [1.165, 1.54) is 12.1 Å². The van der Waals surface area contributed by atoms with Gasteiger partial charge in [-0.3, -0.25) is 4.90 Å². The lowest BCUT2D eigenvalue weighted by atomic mass is 9.93. The Labute approximate surface area is 106 Å². The van der Waals surface area contributed by atoms with Crippen LogP contribution in [-0.2, 0) is 0 Å². The third-order valence-electron chi connectivity index (χ3n) is 3.51. The van der Waals surface area contributed by atoms with Crippen LogP contribution >= 0.6 is 0 Å². The number of hydrogen-bond acceptors (Lipinski definition) is 2. The largest absolute Gasteiger partial charge is 0.387 e. The summed E-state index contributed by atoms with van der Waals surface area (Å²) in [4.78, 5) is 2.12. The van der Waals surface area contributed by atoms with Gasteiger partial charge in [-0.1, -0.05) is 19.9 Å². The second kappa shape index (κ2) is 4.94. The maximum atomic E-state index is 13.5. The molecule has 1 aromatic rings. The smallest absolute Gasteiger partial charge is 0.131 e. The van der Waals surface area contributed by atoms with Crippen molar-refractivity contribution in [3.05, 3.63) is 35.4 Å². The van der Waals surface area contributed by atoms with Gasteiger partial charge >= 0.3 is 0 Å². The highest BCUT2D eigenvalue weighted by Crippen LogP contribution is 2.30. The first-order valence-corrected chi connectivity index (χ1v) is 6.23. The fraction of sp³-hybridized carbons (Fsp3) is 0.571. The first kappa shape index (κ1) is 13.4. The molecule has 1 aromatic carbocycles. The highest BCUT2D eigenvalue weighted by atomic mass is 19.1. The number of aliphatic hydroxyl groups excluding tert-OH is 1. The van der Waals surface area contributed by atoms with Crippen LogP contribution in [0.5, 0.6) is 0 Å². The number of nitrogens with zero attached hydrogens (tertiary/aromatic N) is 1. The Balaban J connectivity index is 2.02. The van der Waals surface area contributed by atoms with Crippen LogP contribution in [0, 0.1) is 17.0 Å². The lowest BCUT2D eigenvalue weighted by Gasteiger charge is -2.22. The standard InChI is InChI=1S/C14H19F2NO/c1-14(2)5-6-17(9-14)8-13(18)11-4-3-10(15)7-12(11)16/h3-4,7,13,18H,5-6,8-9H2,1-2H3. The molecule has 1 saturated heterocycles. The number of likely N-dealkylation sites (tertiary alicyclic amines) is 1. The summed E-state index contributed by atoms with van der Waals surface area (Å²) in [5.41, 5.74) is 0.419. The minimum absolute atomic E-state index is 0.168. The Kier molecular flexibility index (Phi) is 3.69.